The Labute approximate surface area is 218 Å². The molecule has 0 aliphatic heterocycles. The van der Waals surface area contributed by atoms with Crippen LogP contribution in [0.4, 0.5) is 5.69 Å². The fraction of sp³-hybridized carbons (Fsp3) is 0.296. The Balaban J connectivity index is 1.47. The van der Waals surface area contributed by atoms with E-state index in [1.54, 1.807) is 12.1 Å². The first-order valence-electron chi connectivity index (χ1n) is 12.3. The summed E-state index contributed by atoms with van der Waals surface area (Å²) in [6.07, 6.45) is 4.00. The van der Waals surface area contributed by atoms with Crippen molar-refractivity contribution in [1.29, 1.82) is 0 Å². The van der Waals surface area contributed by atoms with Crippen LogP contribution < -0.4 is 10.2 Å². The third-order valence-electron chi connectivity index (χ3n) is 6.44. The number of amides is 2. The highest BCUT2D eigenvalue weighted by molar-refractivity contribution is 7.10. The lowest BCUT2D eigenvalue weighted by Crippen LogP contribution is -2.47. The van der Waals surface area contributed by atoms with Gasteiger partial charge in [-0.3, -0.25) is 14.5 Å². The number of benzene rings is 2. The third kappa shape index (κ3) is 5.69. The van der Waals surface area contributed by atoms with Crippen LogP contribution in [0.2, 0.25) is 0 Å². The van der Waals surface area contributed by atoms with Crippen molar-refractivity contribution in [2.45, 2.75) is 51.2 Å². The van der Waals surface area contributed by atoms with E-state index in [-0.39, 0.29) is 24.2 Å². The highest BCUT2D eigenvalue weighted by Gasteiger charge is 2.35. The van der Waals surface area contributed by atoms with Crippen LogP contribution in [-0.2, 0) is 16.1 Å². The summed E-state index contributed by atoms with van der Waals surface area (Å²) in [6, 6.07) is 17.0. The van der Waals surface area contributed by atoms with E-state index in [1.165, 1.54) is 33.2 Å². The van der Waals surface area contributed by atoms with Gasteiger partial charge in [0.1, 0.15) is 18.3 Å². The van der Waals surface area contributed by atoms with Gasteiger partial charge in [0.2, 0.25) is 11.7 Å². The number of nitrogens with zero attached hydrogens (tertiary/aromatic N) is 5. The molecule has 1 saturated carbocycles. The van der Waals surface area contributed by atoms with Crippen molar-refractivity contribution in [2.75, 3.05) is 4.90 Å². The van der Waals surface area contributed by atoms with Gasteiger partial charge in [0, 0.05) is 28.2 Å². The second kappa shape index (κ2) is 10.9. The zero-order valence-corrected chi connectivity index (χ0v) is 21.3. The van der Waals surface area contributed by atoms with E-state index >= 15 is 0 Å². The normalized spacial score (nSPS) is 14.4. The average Bonchev–Trinajstić information content (AvgIpc) is 3.66. The molecule has 0 bridgehead atoms. The predicted octanol–water partition coefficient (Wildman–Crippen LogP) is 4.25. The lowest BCUT2D eigenvalue weighted by molar-refractivity contribution is -0.127. The molecule has 9 nitrogen and oxygen atoms in total. The van der Waals surface area contributed by atoms with Crippen molar-refractivity contribution in [2.24, 2.45) is 0 Å². The molecule has 4 aromatic rings. The summed E-state index contributed by atoms with van der Waals surface area (Å²) in [5.74, 6) is -0.251. The summed E-state index contributed by atoms with van der Waals surface area (Å²) in [6.45, 7) is 1.77. The van der Waals surface area contributed by atoms with E-state index in [0.29, 0.717) is 11.5 Å². The Bertz CT molecular complexity index is 1360. The van der Waals surface area contributed by atoms with Crippen molar-refractivity contribution in [3.05, 3.63) is 76.5 Å². The van der Waals surface area contributed by atoms with Crippen molar-refractivity contribution in [3.63, 3.8) is 0 Å². The van der Waals surface area contributed by atoms with Gasteiger partial charge < -0.3 is 10.4 Å². The number of hydrogen-bond donors (Lipinski definition) is 2. The second-order valence-corrected chi connectivity index (χ2v) is 10.2. The van der Waals surface area contributed by atoms with Crippen molar-refractivity contribution in [3.8, 4) is 17.1 Å². The molecule has 2 aromatic carbocycles. The molecule has 0 unspecified atom stereocenters. The molecule has 0 saturated heterocycles. The van der Waals surface area contributed by atoms with E-state index in [0.717, 1.165) is 41.7 Å². The molecule has 5 rings (SSSR count). The summed E-state index contributed by atoms with van der Waals surface area (Å²) in [5, 5.41) is 27.8. The molecule has 1 aliphatic rings. The zero-order chi connectivity index (χ0) is 25.8. The van der Waals surface area contributed by atoms with Crippen LogP contribution in [0, 0.1) is 6.92 Å². The number of hydrogen-bond acceptors (Lipinski definition) is 7. The molecular weight excluding hydrogens is 488 g/mol. The van der Waals surface area contributed by atoms with Crippen LogP contribution in [-0.4, -0.2) is 43.2 Å². The number of aromatic hydroxyl groups is 1. The number of carbonyl (C=O) groups excluding carboxylic acids is 2. The van der Waals surface area contributed by atoms with Crippen molar-refractivity contribution >= 4 is 28.8 Å². The number of nitrogens with one attached hydrogen (secondary N) is 1. The smallest absolute Gasteiger partial charge is 0.251 e. The van der Waals surface area contributed by atoms with Gasteiger partial charge in [-0.25, -0.2) is 0 Å². The summed E-state index contributed by atoms with van der Waals surface area (Å²) in [7, 11) is 0. The number of tetrazole rings is 1. The Morgan fingerprint density at radius 1 is 1.14 bits per heavy atom. The lowest BCUT2D eigenvalue weighted by Gasteiger charge is -2.31. The number of carbonyl (C=O) groups is 2. The zero-order valence-electron chi connectivity index (χ0n) is 20.4. The number of phenols is 1. The second-order valence-electron chi connectivity index (χ2n) is 9.20. The van der Waals surface area contributed by atoms with Crippen molar-refractivity contribution < 1.29 is 14.7 Å². The van der Waals surface area contributed by atoms with Gasteiger partial charge in [0.05, 0.1) is 0 Å². The molecule has 10 heteroatoms. The van der Waals surface area contributed by atoms with Crippen LogP contribution in [0.3, 0.4) is 0 Å². The Morgan fingerprint density at radius 2 is 1.92 bits per heavy atom. The first-order chi connectivity index (χ1) is 18.0. The van der Waals surface area contributed by atoms with E-state index in [1.807, 2.05) is 48.7 Å². The number of anilines is 1. The molecule has 1 aliphatic carbocycles. The van der Waals surface area contributed by atoms with Crippen LogP contribution >= 0.6 is 11.3 Å². The molecule has 0 spiro atoms. The van der Waals surface area contributed by atoms with E-state index in [9.17, 15) is 14.7 Å². The molecule has 2 N–H and O–H groups in total. The Hall–Kier alpha value is -4.05. The quantitative estimate of drug-likeness (QED) is 0.362. The average molecular weight is 517 g/mol. The fourth-order valence-electron chi connectivity index (χ4n) is 4.58. The standard InChI is InChI=1S/C27H28N6O3S/c1-18-11-13-19(14-12-18)26-29-31-32(30-26)17-24(35)33(21-8-4-9-22(34)16-21)25(23-10-5-15-37-23)27(36)28-20-6-2-3-7-20/h4-5,8-16,20,25,34H,2-3,6-7,17H2,1H3,(H,28,36)/t25-/m0/s1. The fourth-order valence-corrected chi connectivity index (χ4v) is 5.39. The number of aromatic nitrogens is 4. The summed E-state index contributed by atoms with van der Waals surface area (Å²) < 4.78 is 0. The van der Waals surface area contributed by atoms with Gasteiger partial charge in [-0.15, -0.1) is 21.5 Å². The maximum Gasteiger partial charge on any atom is 0.251 e. The summed E-state index contributed by atoms with van der Waals surface area (Å²) in [5.41, 5.74) is 2.31. The minimum Gasteiger partial charge on any atom is -0.508 e. The van der Waals surface area contributed by atoms with E-state index < -0.39 is 11.9 Å². The van der Waals surface area contributed by atoms with Gasteiger partial charge in [-0.2, -0.15) is 4.80 Å². The van der Waals surface area contributed by atoms with Crippen LogP contribution in [0.25, 0.3) is 11.4 Å². The van der Waals surface area contributed by atoms with Gasteiger partial charge in [-0.1, -0.05) is 54.8 Å². The summed E-state index contributed by atoms with van der Waals surface area (Å²) >= 11 is 1.40. The molecule has 190 valence electrons. The topological polar surface area (TPSA) is 113 Å². The minimum absolute atomic E-state index is 0.00281. The van der Waals surface area contributed by atoms with E-state index in [4.69, 9.17) is 0 Å². The minimum atomic E-state index is -0.907. The molecule has 2 heterocycles. The molecule has 1 fully saturated rings. The molecule has 1 atom stereocenters. The first-order valence-corrected chi connectivity index (χ1v) is 13.2. The highest BCUT2D eigenvalue weighted by Crippen LogP contribution is 2.33. The van der Waals surface area contributed by atoms with Crippen LogP contribution in [0.5, 0.6) is 5.75 Å². The number of phenolic OH excluding ortho intramolecular Hbond substituents is 1. The predicted molar refractivity (Wildman–Crippen MR) is 141 cm³/mol. The number of aryl methyl sites for hydroxylation is 1. The highest BCUT2D eigenvalue weighted by atomic mass is 32.1. The maximum atomic E-state index is 13.8. The molecule has 2 amide bonds. The molecule has 2 aromatic heterocycles. The van der Waals surface area contributed by atoms with Gasteiger partial charge in [0.15, 0.2) is 0 Å². The lowest BCUT2D eigenvalue weighted by atomic mass is 10.1. The SMILES string of the molecule is Cc1ccc(-c2nnn(CC(=O)N(c3cccc(O)c3)[C@H](C(=O)NC3CCCC3)c3cccs3)n2)cc1. The molecule has 37 heavy (non-hydrogen) atoms. The third-order valence-corrected chi connectivity index (χ3v) is 7.36. The van der Waals surface area contributed by atoms with Crippen LogP contribution in [0.15, 0.2) is 66.0 Å². The van der Waals surface area contributed by atoms with Gasteiger partial charge in [-0.05, 0) is 48.6 Å². The number of rotatable bonds is 8. The van der Waals surface area contributed by atoms with Crippen LogP contribution in [0.1, 0.15) is 42.2 Å². The Morgan fingerprint density at radius 3 is 2.62 bits per heavy atom. The van der Waals surface area contributed by atoms with Crippen molar-refractivity contribution in [1.82, 2.24) is 25.5 Å². The number of thiophene rings is 1. The first kappa shape index (κ1) is 24.6. The molecule has 0 radical (unpaired) electrons. The summed E-state index contributed by atoms with van der Waals surface area (Å²) in [4.78, 5) is 30.9. The monoisotopic (exact) mass is 516 g/mol. The van der Waals surface area contributed by atoms with Gasteiger partial charge >= 0.3 is 0 Å². The largest absolute Gasteiger partial charge is 0.508 e. The van der Waals surface area contributed by atoms with E-state index in [2.05, 4.69) is 20.7 Å². The molecular formula is C27H28N6O3S. The Kier molecular flexibility index (Phi) is 7.27. The maximum absolute atomic E-state index is 13.8. The van der Waals surface area contributed by atoms with Gasteiger partial charge in [0.25, 0.3) is 5.91 Å².